The summed E-state index contributed by atoms with van der Waals surface area (Å²) in [6.45, 7) is 2.17. The molecule has 1 aliphatic carbocycles. The van der Waals surface area contributed by atoms with Crippen LogP contribution in [0.15, 0.2) is 41.3 Å². The fourth-order valence-corrected chi connectivity index (χ4v) is 6.49. The lowest BCUT2D eigenvalue weighted by atomic mass is 9.81. The van der Waals surface area contributed by atoms with E-state index in [1.165, 1.54) is 31.4 Å². The average molecular weight is 510 g/mol. The van der Waals surface area contributed by atoms with Crippen LogP contribution in [0.5, 0.6) is 5.75 Å². The smallest absolute Gasteiger partial charge is 0.144 e. The van der Waals surface area contributed by atoms with Crippen molar-refractivity contribution >= 4 is 34.2 Å². The Hall–Kier alpha value is -1.69. The van der Waals surface area contributed by atoms with Crippen molar-refractivity contribution in [1.82, 2.24) is 9.62 Å². The zero-order valence-corrected chi connectivity index (χ0v) is 20.5. The van der Waals surface area contributed by atoms with Gasteiger partial charge >= 0.3 is 0 Å². The zero-order valence-electron chi connectivity index (χ0n) is 18.2. The van der Waals surface area contributed by atoms with Crippen molar-refractivity contribution in [1.29, 1.82) is 5.26 Å². The lowest BCUT2D eigenvalue weighted by molar-refractivity contribution is 0.0191. The third kappa shape index (κ3) is 5.87. The van der Waals surface area contributed by atoms with Crippen molar-refractivity contribution in [3.05, 3.63) is 57.8 Å². The van der Waals surface area contributed by atoms with E-state index >= 15 is 0 Å². The minimum absolute atomic E-state index is 0.0129. The van der Waals surface area contributed by atoms with Crippen molar-refractivity contribution in [3.63, 3.8) is 0 Å². The second-order valence-electron chi connectivity index (χ2n) is 8.88. The third-order valence-corrected chi connectivity index (χ3v) is 8.44. The molecular weight excluding hydrogens is 484 g/mol. The summed E-state index contributed by atoms with van der Waals surface area (Å²) in [5, 5.41) is 13.5. The maximum Gasteiger partial charge on any atom is 0.144 e. The van der Waals surface area contributed by atoms with Crippen molar-refractivity contribution in [2.75, 3.05) is 26.2 Å². The molecule has 2 aliphatic rings. The van der Waals surface area contributed by atoms with Gasteiger partial charge in [-0.25, -0.2) is 12.9 Å². The molecule has 1 heterocycles. The molecule has 0 aromatic heterocycles. The first-order chi connectivity index (χ1) is 15.9. The van der Waals surface area contributed by atoms with Gasteiger partial charge in [0.25, 0.3) is 0 Å². The minimum Gasteiger partial charge on any atom is -0.493 e. The summed E-state index contributed by atoms with van der Waals surface area (Å²) in [7, 11) is -1.41. The molecule has 1 N–H and O–H groups in total. The summed E-state index contributed by atoms with van der Waals surface area (Å²) < 4.78 is 34.9. The molecule has 1 aliphatic heterocycles. The van der Waals surface area contributed by atoms with Gasteiger partial charge in [0.05, 0.1) is 22.1 Å². The highest BCUT2D eigenvalue weighted by molar-refractivity contribution is 7.82. The number of halogens is 3. The molecule has 33 heavy (non-hydrogen) atoms. The molecule has 1 saturated heterocycles. The van der Waals surface area contributed by atoms with Gasteiger partial charge in [-0.15, -0.1) is 0 Å². The summed E-state index contributed by atoms with van der Waals surface area (Å²) in [6.07, 6.45) is 6.07. The molecule has 176 valence electrons. The lowest BCUT2D eigenvalue weighted by Crippen LogP contribution is -2.64. The van der Waals surface area contributed by atoms with E-state index in [-0.39, 0.29) is 11.0 Å². The Morgan fingerprint density at radius 3 is 2.61 bits per heavy atom. The number of benzene rings is 2. The largest absolute Gasteiger partial charge is 0.493 e. The van der Waals surface area contributed by atoms with E-state index < -0.39 is 16.8 Å². The van der Waals surface area contributed by atoms with Crippen LogP contribution in [0.25, 0.3) is 0 Å². The monoisotopic (exact) mass is 509 g/mol. The van der Waals surface area contributed by atoms with Gasteiger partial charge in [-0.05, 0) is 43.2 Å². The number of rotatable bonds is 8. The minimum atomic E-state index is -1.41. The molecule has 2 aromatic rings. The van der Waals surface area contributed by atoms with Gasteiger partial charge in [0.15, 0.2) is 0 Å². The van der Waals surface area contributed by atoms with Crippen LogP contribution in [0.4, 0.5) is 4.39 Å². The molecule has 5 nitrogen and oxygen atoms in total. The molecule has 2 aromatic carbocycles. The first-order valence-electron chi connectivity index (χ1n) is 11.1. The SMILES string of the molecule is N#Cc1ccc(OCC2(CNC3CCCCC3)CN(S(=O)c3ccc(Cl)cc3Cl)C2)cc1F. The Bertz CT molecular complexity index is 1070. The summed E-state index contributed by atoms with van der Waals surface area (Å²) in [5.74, 6) is -0.220. The van der Waals surface area contributed by atoms with E-state index in [4.69, 9.17) is 33.2 Å². The highest BCUT2D eigenvalue weighted by Gasteiger charge is 2.47. The fraction of sp³-hybridized carbons (Fsp3) is 0.458. The number of hydrogen-bond donors (Lipinski definition) is 1. The van der Waals surface area contributed by atoms with Gasteiger partial charge in [0.2, 0.25) is 0 Å². The first kappa shape index (κ1) is 24.4. The molecule has 0 spiro atoms. The van der Waals surface area contributed by atoms with Gasteiger partial charge in [-0.1, -0.05) is 42.5 Å². The van der Waals surface area contributed by atoms with Gasteiger partial charge in [0.1, 0.15) is 28.6 Å². The molecular formula is C24H26Cl2FN3O2S. The van der Waals surface area contributed by atoms with Crippen LogP contribution in [0, 0.1) is 22.6 Å². The van der Waals surface area contributed by atoms with E-state index in [0.29, 0.717) is 46.4 Å². The van der Waals surface area contributed by atoms with Crippen LogP contribution in [0.3, 0.4) is 0 Å². The van der Waals surface area contributed by atoms with Crippen LogP contribution < -0.4 is 10.1 Å². The van der Waals surface area contributed by atoms with Gasteiger partial charge in [0, 0.05) is 42.2 Å². The predicted molar refractivity (Wildman–Crippen MR) is 128 cm³/mol. The van der Waals surface area contributed by atoms with Gasteiger partial charge in [-0.2, -0.15) is 5.26 Å². The summed E-state index contributed by atoms with van der Waals surface area (Å²) >= 11 is 12.2. The van der Waals surface area contributed by atoms with E-state index in [2.05, 4.69) is 5.32 Å². The highest BCUT2D eigenvalue weighted by atomic mass is 35.5. The average Bonchev–Trinajstić information content (AvgIpc) is 2.78. The third-order valence-electron chi connectivity index (χ3n) is 6.32. The number of hydrogen-bond acceptors (Lipinski definition) is 4. The quantitative estimate of drug-likeness (QED) is 0.522. The van der Waals surface area contributed by atoms with Crippen LogP contribution in [-0.4, -0.2) is 40.8 Å². The summed E-state index contributed by atoms with van der Waals surface area (Å²) in [4.78, 5) is 0.532. The standard InChI is InChI=1S/C24H26Cl2FN3O2S/c25-18-7-9-23(21(26)10-18)33(31)30-14-24(15-30,13-29-19-4-2-1-3-5-19)16-32-20-8-6-17(12-28)22(27)11-20/h6-11,19,29H,1-5,13-16H2. The lowest BCUT2D eigenvalue weighted by Gasteiger charge is -2.49. The second kappa shape index (κ2) is 10.7. The fourth-order valence-electron chi connectivity index (χ4n) is 4.41. The molecule has 2 fully saturated rings. The number of nitrogens with one attached hydrogen (secondary N) is 1. The molecule has 9 heteroatoms. The van der Waals surface area contributed by atoms with E-state index in [9.17, 15) is 8.60 Å². The Kier molecular flexibility index (Phi) is 7.93. The van der Waals surface area contributed by atoms with E-state index in [0.717, 1.165) is 19.4 Å². The molecule has 0 amide bonds. The van der Waals surface area contributed by atoms with Crippen molar-refractivity contribution in [2.24, 2.45) is 5.41 Å². The first-order valence-corrected chi connectivity index (χ1v) is 12.9. The van der Waals surface area contributed by atoms with Gasteiger partial charge < -0.3 is 10.1 Å². The Labute approximate surface area is 206 Å². The maximum absolute atomic E-state index is 14.0. The van der Waals surface area contributed by atoms with Crippen LogP contribution in [0.1, 0.15) is 37.7 Å². The predicted octanol–water partition coefficient (Wildman–Crippen LogP) is 5.33. The Balaban J connectivity index is 1.44. The van der Waals surface area contributed by atoms with Crippen LogP contribution in [0.2, 0.25) is 10.0 Å². The molecule has 4 rings (SSSR count). The summed E-state index contributed by atoms with van der Waals surface area (Å²) in [6, 6.07) is 11.5. The maximum atomic E-state index is 14.0. The van der Waals surface area contributed by atoms with E-state index in [1.54, 1.807) is 24.3 Å². The molecule has 0 bridgehead atoms. The van der Waals surface area contributed by atoms with Crippen LogP contribution in [-0.2, 0) is 11.0 Å². The topological polar surface area (TPSA) is 65.4 Å². The van der Waals surface area contributed by atoms with Crippen molar-refractivity contribution in [2.45, 2.75) is 43.0 Å². The zero-order chi connectivity index (χ0) is 23.4. The van der Waals surface area contributed by atoms with Gasteiger partial charge in [-0.3, -0.25) is 0 Å². The number of nitriles is 1. The molecule has 0 radical (unpaired) electrons. The Morgan fingerprint density at radius 2 is 1.94 bits per heavy atom. The van der Waals surface area contributed by atoms with Crippen LogP contribution >= 0.6 is 23.2 Å². The van der Waals surface area contributed by atoms with Crippen molar-refractivity contribution < 1.29 is 13.3 Å². The summed E-state index contributed by atoms with van der Waals surface area (Å²) in [5.41, 5.74) is -0.280. The highest BCUT2D eigenvalue weighted by Crippen LogP contribution is 2.36. The molecule has 1 atom stereocenters. The Morgan fingerprint density at radius 1 is 1.18 bits per heavy atom. The number of nitrogens with zero attached hydrogens (tertiary/aromatic N) is 2. The second-order valence-corrected chi connectivity index (χ2v) is 11.2. The number of ether oxygens (including phenoxy) is 1. The van der Waals surface area contributed by atoms with E-state index in [1.807, 2.05) is 10.4 Å². The molecule has 1 unspecified atom stereocenters. The molecule has 1 saturated carbocycles. The normalized spacial score (nSPS) is 19.5. The van der Waals surface area contributed by atoms with Crippen molar-refractivity contribution in [3.8, 4) is 11.8 Å².